The van der Waals surface area contributed by atoms with Crippen LogP contribution < -0.4 is 10.6 Å². The smallest absolute Gasteiger partial charge is 0.267 e. The number of hydrogen-bond acceptors (Lipinski definition) is 4. The number of hydrogen-bond donors (Lipinski definition) is 2. The molecule has 2 bridgehead atoms. The van der Waals surface area contributed by atoms with E-state index in [0.29, 0.717) is 27.5 Å². The third-order valence-electron chi connectivity index (χ3n) is 7.55. The molecule has 32 heavy (non-hydrogen) atoms. The monoisotopic (exact) mass is 453 g/mol. The van der Waals surface area contributed by atoms with Crippen LogP contribution in [-0.2, 0) is 4.79 Å². The number of rotatable bonds is 5. The van der Waals surface area contributed by atoms with Crippen LogP contribution in [0, 0.1) is 44.9 Å². The average molecular weight is 454 g/mol. The number of thiazole rings is 1. The second kappa shape index (κ2) is 8.97. The first-order valence-corrected chi connectivity index (χ1v) is 12.7. The van der Waals surface area contributed by atoms with Crippen molar-refractivity contribution in [3.05, 3.63) is 39.4 Å². The molecule has 2 aliphatic carbocycles. The minimum atomic E-state index is -0.299. The fraction of sp³-hybridized carbons (Fsp3) is 0.577. The summed E-state index contributed by atoms with van der Waals surface area (Å²) >= 11 is 1.27. The van der Waals surface area contributed by atoms with E-state index in [1.165, 1.54) is 42.6 Å². The molecule has 1 aromatic carbocycles. The van der Waals surface area contributed by atoms with Crippen molar-refractivity contribution in [3.63, 3.8) is 0 Å². The van der Waals surface area contributed by atoms with Gasteiger partial charge < -0.3 is 10.6 Å². The SMILES string of the molecule is CCC1(C(=O)Nc2nc(C)c(C(=O)Nc3c(C)cc(C)cc3C)s2)C[C@@H]2CCC[C@@H](C2)C1. The van der Waals surface area contributed by atoms with Crippen LogP contribution in [-0.4, -0.2) is 16.8 Å². The molecule has 5 nitrogen and oxygen atoms in total. The summed E-state index contributed by atoms with van der Waals surface area (Å²) in [5, 5.41) is 6.67. The van der Waals surface area contributed by atoms with E-state index < -0.39 is 0 Å². The van der Waals surface area contributed by atoms with Crippen molar-refractivity contribution in [2.24, 2.45) is 17.3 Å². The quantitative estimate of drug-likeness (QED) is 0.538. The van der Waals surface area contributed by atoms with Crippen LogP contribution in [0.2, 0.25) is 0 Å². The molecule has 6 heteroatoms. The number of carbonyl (C=O) groups is 2. The zero-order valence-electron chi connectivity index (χ0n) is 19.9. The molecule has 2 fully saturated rings. The highest BCUT2D eigenvalue weighted by atomic mass is 32.1. The maximum absolute atomic E-state index is 13.4. The Kier molecular flexibility index (Phi) is 6.44. The summed E-state index contributed by atoms with van der Waals surface area (Å²) < 4.78 is 0. The van der Waals surface area contributed by atoms with Crippen molar-refractivity contribution >= 4 is 34.0 Å². The molecule has 2 N–H and O–H groups in total. The van der Waals surface area contributed by atoms with Gasteiger partial charge in [-0.3, -0.25) is 9.59 Å². The normalized spacial score (nSPS) is 24.8. The molecule has 0 aliphatic heterocycles. The van der Waals surface area contributed by atoms with E-state index in [9.17, 15) is 9.59 Å². The van der Waals surface area contributed by atoms with Crippen LogP contribution in [0.4, 0.5) is 10.8 Å². The third-order valence-corrected chi connectivity index (χ3v) is 8.62. The summed E-state index contributed by atoms with van der Waals surface area (Å²) in [6.45, 7) is 10.0. The van der Waals surface area contributed by atoms with Gasteiger partial charge >= 0.3 is 0 Å². The Morgan fingerprint density at radius 3 is 2.28 bits per heavy atom. The lowest BCUT2D eigenvalue weighted by molar-refractivity contribution is -0.131. The molecular formula is C26H35N3O2S. The van der Waals surface area contributed by atoms with E-state index in [1.807, 2.05) is 20.8 Å². The van der Waals surface area contributed by atoms with Crippen molar-refractivity contribution in [2.45, 2.75) is 79.6 Å². The summed E-state index contributed by atoms with van der Waals surface area (Å²) in [7, 11) is 0. The van der Waals surface area contributed by atoms with Gasteiger partial charge in [-0.05, 0) is 76.3 Å². The first-order valence-electron chi connectivity index (χ1n) is 11.9. The van der Waals surface area contributed by atoms with Crippen LogP contribution in [0.1, 0.15) is 83.9 Å². The van der Waals surface area contributed by atoms with Gasteiger partial charge in [-0.15, -0.1) is 0 Å². The van der Waals surface area contributed by atoms with Crippen molar-refractivity contribution in [1.82, 2.24) is 4.98 Å². The van der Waals surface area contributed by atoms with Crippen LogP contribution in [0.5, 0.6) is 0 Å². The number of fused-ring (bicyclic) bond motifs is 2. The lowest BCUT2D eigenvalue weighted by atomic mass is 9.59. The Labute approximate surface area is 195 Å². The number of anilines is 2. The Bertz CT molecular complexity index is 1010. The minimum absolute atomic E-state index is 0.0857. The number of amides is 2. The second-order valence-electron chi connectivity index (χ2n) is 10.1. The van der Waals surface area contributed by atoms with Crippen LogP contribution in [0.3, 0.4) is 0 Å². The van der Waals surface area contributed by atoms with Crippen LogP contribution in [0.15, 0.2) is 12.1 Å². The Morgan fingerprint density at radius 2 is 1.69 bits per heavy atom. The number of aromatic nitrogens is 1. The maximum atomic E-state index is 13.4. The van der Waals surface area contributed by atoms with Gasteiger partial charge in [-0.1, -0.05) is 55.2 Å². The Hall–Kier alpha value is -2.21. The van der Waals surface area contributed by atoms with E-state index in [4.69, 9.17) is 0 Å². The molecule has 172 valence electrons. The van der Waals surface area contributed by atoms with Gasteiger partial charge in [0.05, 0.1) is 5.69 Å². The second-order valence-corrected chi connectivity index (χ2v) is 11.1. The van der Waals surface area contributed by atoms with Gasteiger partial charge in [-0.25, -0.2) is 4.98 Å². The van der Waals surface area contributed by atoms with Crippen molar-refractivity contribution in [3.8, 4) is 0 Å². The van der Waals surface area contributed by atoms with E-state index in [2.05, 4.69) is 41.6 Å². The van der Waals surface area contributed by atoms with Crippen LogP contribution >= 0.6 is 11.3 Å². The Balaban J connectivity index is 1.50. The topological polar surface area (TPSA) is 71.1 Å². The fourth-order valence-corrected chi connectivity index (χ4v) is 6.89. The van der Waals surface area contributed by atoms with E-state index in [-0.39, 0.29) is 17.2 Å². The fourth-order valence-electron chi connectivity index (χ4n) is 6.03. The molecule has 1 unspecified atom stereocenters. The zero-order chi connectivity index (χ0) is 23.0. The number of carbonyl (C=O) groups excluding carboxylic acids is 2. The molecular weight excluding hydrogens is 418 g/mol. The summed E-state index contributed by atoms with van der Waals surface area (Å²) in [6, 6.07) is 4.13. The van der Waals surface area contributed by atoms with Gasteiger partial charge in [-0.2, -0.15) is 0 Å². The van der Waals surface area contributed by atoms with E-state index >= 15 is 0 Å². The summed E-state index contributed by atoms with van der Waals surface area (Å²) in [6.07, 6.45) is 7.92. The van der Waals surface area contributed by atoms with Gasteiger partial charge in [0.25, 0.3) is 5.91 Å². The number of benzene rings is 1. The van der Waals surface area contributed by atoms with Crippen molar-refractivity contribution in [1.29, 1.82) is 0 Å². The van der Waals surface area contributed by atoms with E-state index in [1.54, 1.807) is 0 Å². The predicted molar refractivity (Wildman–Crippen MR) is 131 cm³/mol. The average Bonchev–Trinajstić information content (AvgIpc) is 3.10. The number of aryl methyl sites for hydroxylation is 4. The standard InChI is InChI=1S/C26H35N3O2S/c1-6-26(13-19-8-7-9-20(12-19)14-26)24(31)29-25-27-18(5)22(32-25)23(30)28-21-16(3)10-15(2)11-17(21)4/h10-11,19-20H,6-9,12-14H2,1-5H3,(H,28,30)(H,27,29,31)/t19-,20+,26?. The highest BCUT2D eigenvalue weighted by Gasteiger charge is 2.46. The third kappa shape index (κ3) is 4.47. The molecule has 2 aliphatic rings. The molecule has 0 spiro atoms. The highest BCUT2D eigenvalue weighted by Crippen LogP contribution is 2.51. The first kappa shape index (κ1) is 23.0. The van der Waals surface area contributed by atoms with Gasteiger partial charge in [0.15, 0.2) is 5.13 Å². The van der Waals surface area contributed by atoms with Crippen molar-refractivity contribution in [2.75, 3.05) is 10.6 Å². The van der Waals surface area contributed by atoms with E-state index in [0.717, 1.165) is 36.1 Å². The molecule has 0 radical (unpaired) electrons. The van der Waals surface area contributed by atoms with Gasteiger partial charge in [0.2, 0.25) is 5.91 Å². The molecule has 2 amide bonds. The molecule has 2 aromatic rings. The summed E-state index contributed by atoms with van der Waals surface area (Å²) in [4.78, 5) is 31.5. The lowest BCUT2D eigenvalue weighted by Gasteiger charge is -2.45. The molecule has 1 aromatic heterocycles. The van der Waals surface area contributed by atoms with Crippen LogP contribution in [0.25, 0.3) is 0 Å². The lowest BCUT2D eigenvalue weighted by Crippen LogP contribution is -2.44. The molecule has 2 saturated carbocycles. The van der Waals surface area contributed by atoms with Gasteiger partial charge in [0.1, 0.15) is 4.88 Å². The zero-order valence-corrected chi connectivity index (χ0v) is 20.7. The number of nitrogens with zero attached hydrogens (tertiary/aromatic N) is 1. The maximum Gasteiger partial charge on any atom is 0.267 e. The molecule has 0 saturated heterocycles. The Morgan fingerprint density at radius 1 is 1.06 bits per heavy atom. The summed E-state index contributed by atoms with van der Waals surface area (Å²) in [5.41, 5.74) is 4.45. The molecule has 4 rings (SSSR count). The first-order chi connectivity index (χ1) is 15.2. The van der Waals surface area contributed by atoms with Crippen molar-refractivity contribution < 1.29 is 9.59 Å². The highest BCUT2D eigenvalue weighted by molar-refractivity contribution is 7.17. The summed E-state index contributed by atoms with van der Waals surface area (Å²) in [5.74, 6) is 1.26. The van der Waals surface area contributed by atoms with Gasteiger partial charge in [0, 0.05) is 11.1 Å². The minimum Gasteiger partial charge on any atom is -0.321 e. The predicted octanol–water partition coefficient (Wildman–Crippen LogP) is 6.56. The number of nitrogens with one attached hydrogen (secondary N) is 2. The molecule has 3 atom stereocenters. The molecule has 1 heterocycles. The largest absolute Gasteiger partial charge is 0.321 e.